The third kappa shape index (κ3) is 4.97. The zero-order valence-electron chi connectivity index (χ0n) is 16.0. The standard InChI is InChI=1S/C19H25N3O4S/c1-5-10-22(14(2)3)19(23)17-8-6-7-9-18(17)27(24,25)21-15-11-16(26-4)13-20-12-15/h6-9,11-14,21H,5,10H2,1-4H3. The number of amides is 1. The van der Waals surface area contributed by atoms with Gasteiger partial charge in [-0.25, -0.2) is 8.42 Å². The number of rotatable bonds is 8. The third-order valence-corrected chi connectivity index (χ3v) is 5.40. The molecule has 146 valence electrons. The lowest BCUT2D eigenvalue weighted by atomic mass is 10.1. The number of carbonyl (C=O) groups is 1. The summed E-state index contributed by atoms with van der Waals surface area (Å²) in [6, 6.07) is 7.69. The van der Waals surface area contributed by atoms with Crippen molar-refractivity contribution >= 4 is 21.6 Å². The van der Waals surface area contributed by atoms with Gasteiger partial charge in [-0.2, -0.15) is 0 Å². The molecule has 0 saturated heterocycles. The molecule has 0 aliphatic heterocycles. The maximum Gasteiger partial charge on any atom is 0.262 e. The fraction of sp³-hybridized carbons (Fsp3) is 0.368. The molecule has 2 aromatic rings. The van der Waals surface area contributed by atoms with Crippen molar-refractivity contribution in [3.8, 4) is 5.75 Å². The van der Waals surface area contributed by atoms with Crippen molar-refractivity contribution in [2.75, 3.05) is 18.4 Å². The summed E-state index contributed by atoms with van der Waals surface area (Å²) in [4.78, 5) is 18.5. The lowest BCUT2D eigenvalue weighted by molar-refractivity contribution is 0.0702. The smallest absolute Gasteiger partial charge is 0.262 e. The SMILES string of the molecule is CCCN(C(=O)c1ccccc1S(=O)(=O)Nc1cncc(OC)c1)C(C)C. The number of hydrogen-bond acceptors (Lipinski definition) is 5. The molecule has 0 unspecified atom stereocenters. The number of anilines is 1. The number of carbonyl (C=O) groups excluding carboxylic acids is 1. The first-order valence-corrected chi connectivity index (χ1v) is 10.2. The second-order valence-corrected chi connectivity index (χ2v) is 7.96. The molecule has 0 atom stereocenters. The summed E-state index contributed by atoms with van der Waals surface area (Å²) < 4.78 is 33.4. The van der Waals surface area contributed by atoms with E-state index >= 15 is 0 Å². The van der Waals surface area contributed by atoms with E-state index in [2.05, 4.69) is 9.71 Å². The zero-order valence-corrected chi connectivity index (χ0v) is 16.8. The Morgan fingerprint density at radius 3 is 2.59 bits per heavy atom. The molecule has 0 aliphatic carbocycles. The predicted octanol–water partition coefficient (Wildman–Crippen LogP) is 3.15. The predicted molar refractivity (Wildman–Crippen MR) is 105 cm³/mol. The van der Waals surface area contributed by atoms with E-state index in [0.717, 1.165) is 6.42 Å². The highest BCUT2D eigenvalue weighted by Gasteiger charge is 2.26. The molecule has 27 heavy (non-hydrogen) atoms. The average Bonchev–Trinajstić information content (AvgIpc) is 2.65. The Morgan fingerprint density at radius 2 is 1.96 bits per heavy atom. The number of aromatic nitrogens is 1. The van der Waals surface area contributed by atoms with Gasteiger partial charge in [0.15, 0.2) is 0 Å². The Bertz CT molecular complexity index is 897. The van der Waals surface area contributed by atoms with Gasteiger partial charge in [0.05, 0.1) is 30.8 Å². The van der Waals surface area contributed by atoms with Crippen molar-refractivity contribution in [1.82, 2.24) is 9.88 Å². The summed E-state index contributed by atoms with van der Waals surface area (Å²) >= 11 is 0. The molecule has 7 nitrogen and oxygen atoms in total. The van der Waals surface area contributed by atoms with Gasteiger partial charge in [0.1, 0.15) is 10.6 Å². The molecular weight excluding hydrogens is 366 g/mol. The van der Waals surface area contributed by atoms with Crippen molar-refractivity contribution in [2.45, 2.75) is 38.1 Å². The quantitative estimate of drug-likeness (QED) is 0.747. The topological polar surface area (TPSA) is 88.6 Å². The van der Waals surface area contributed by atoms with Crippen molar-refractivity contribution in [3.05, 3.63) is 48.3 Å². The lowest BCUT2D eigenvalue weighted by Crippen LogP contribution is -2.38. The number of benzene rings is 1. The highest BCUT2D eigenvalue weighted by molar-refractivity contribution is 7.92. The second kappa shape index (κ2) is 8.85. The highest BCUT2D eigenvalue weighted by Crippen LogP contribution is 2.23. The van der Waals surface area contributed by atoms with Crippen molar-refractivity contribution in [1.29, 1.82) is 0 Å². The van der Waals surface area contributed by atoms with E-state index in [1.807, 2.05) is 20.8 Å². The van der Waals surface area contributed by atoms with Crippen LogP contribution in [-0.2, 0) is 10.0 Å². The van der Waals surface area contributed by atoms with E-state index in [1.165, 1.54) is 37.7 Å². The minimum absolute atomic E-state index is 0.0382. The van der Waals surface area contributed by atoms with Crippen LogP contribution in [0.25, 0.3) is 0 Å². The van der Waals surface area contributed by atoms with Crippen LogP contribution < -0.4 is 9.46 Å². The Kier molecular flexibility index (Phi) is 6.79. The minimum atomic E-state index is -3.98. The molecule has 8 heteroatoms. The molecule has 1 heterocycles. The number of pyridine rings is 1. The third-order valence-electron chi connectivity index (χ3n) is 3.96. The fourth-order valence-corrected chi connectivity index (χ4v) is 3.90. The number of ether oxygens (including phenoxy) is 1. The average molecular weight is 391 g/mol. The molecule has 1 N–H and O–H groups in total. The van der Waals surface area contributed by atoms with Gasteiger partial charge in [0.25, 0.3) is 15.9 Å². The Hall–Kier alpha value is -2.61. The fourth-order valence-electron chi connectivity index (χ4n) is 2.66. The lowest BCUT2D eigenvalue weighted by Gasteiger charge is -2.27. The van der Waals surface area contributed by atoms with E-state index in [-0.39, 0.29) is 28.1 Å². The van der Waals surface area contributed by atoms with Crippen LogP contribution in [0.3, 0.4) is 0 Å². The van der Waals surface area contributed by atoms with Crippen LogP contribution in [0.15, 0.2) is 47.6 Å². The molecule has 0 bridgehead atoms. The van der Waals surface area contributed by atoms with Crippen LogP contribution in [0.4, 0.5) is 5.69 Å². The molecule has 0 radical (unpaired) electrons. The van der Waals surface area contributed by atoms with Gasteiger partial charge >= 0.3 is 0 Å². The van der Waals surface area contributed by atoms with Gasteiger partial charge < -0.3 is 9.64 Å². The maximum absolute atomic E-state index is 13.0. The largest absolute Gasteiger partial charge is 0.495 e. The van der Waals surface area contributed by atoms with E-state index < -0.39 is 10.0 Å². The summed E-state index contributed by atoms with van der Waals surface area (Å²) in [5.74, 6) is 0.116. The second-order valence-electron chi connectivity index (χ2n) is 6.31. The van der Waals surface area contributed by atoms with Crippen LogP contribution in [0, 0.1) is 0 Å². The first-order chi connectivity index (χ1) is 12.8. The van der Waals surface area contributed by atoms with Crippen LogP contribution in [0.5, 0.6) is 5.75 Å². The molecule has 1 aromatic carbocycles. The van der Waals surface area contributed by atoms with Crippen molar-refractivity contribution < 1.29 is 17.9 Å². The molecule has 1 aromatic heterocycles. The number of nitrogens with zero attached hydrogens (tertiary/aromatic N) is 2. The molecule has 0 spiro atoms. The Labute approximate surface area is 160 Å². The summed E-state index contributed by atoms with van der Waals surface area (Å²) in [5, 5.41) is 0. The molecule has 0 fully saturated rings. The van der Waals surface area contributed by atoms with E-state index in [1.54, 1.807) is 17.0 Å². The van der Waals surface area contributed by atoms with Crippen LogP contribution >= 0.6 is 0 Å². The van der Waals surface area contributed by atoms with Crippen molar-refractivity contribution in [2.24, 2.45) is 0 Å². The van der Waals surface area contributed by atoms with Crippen LogP contribution in [0.1, 0.15) is 37.6 Å². The van der Waals surface area contributed by atoms with Gasteiger partial charge in [0, 0.05) is 18.7 Å². The Morgan fingerprint density at radius 1 is 1.26 bits per heavy atom. The summed E-state index contributed by atoms with van der Waals surface area (Å²) in [6.07, 6.45) is 3.63. The summed E-state index contributed by atoms with van der Waals surface area (Å²) in [7, 11) is -2.51. The molecule has 1 amide bonds. The number of nitrogens with one attached hydrogen (secondary N) is 1. The summed E-state index contributed by atoms with van der Waals surface area (Å²) in [6.45, 7) is 6.34. The molecule has 0 aliphatic rings. The van der Waals surface area contributed by atoms with Gasteiger partial charge in [-0.3, -0.25) is 14.5 Å². The van der Waals surface area contributed by atoms with Gasteiger partial charge in [-0.05, 0) is 32.4 Å². The van der Waals surface area contributed by atoms with E-state index in [4.69, 9.17) is 4.74 Å². The molecule has 2 rings (SSSR count). The molecular formula is C19H25N3O4S. The van der Waals surface area contributed by atoms with Crippen molar-refractivity contribution in [3.63, 3.8) is 0 Å². The summed E-state index contributed by atoms with van der Waals surface area (Å²) in [5.41, 5.74) is 0.397. The number of methoxy groups -OCH3 is 1. The van der Waals surface area contributed by atoms with Crippen LogP contribution in [0.2, 0.25) is 0 Å². The first kappa shape index (κ1) is 20.7. The molecule has 0 saturated carbocycles. The number of sulfonamides is 1. The van der Waals surface area contributed by atoms with E-state index in [0.29, 0.717) is 12.3 Å². The normalized spacial score (nSPS) is 11.3. The monoisotopic (exact) mass is 391 g/mol. The van der Waals surface area contributed by atoms with E-state index in [9.17, 15) is 13.2 Å². The van der Waals surface area contributed by atoms with Gasteiger partial charge in [0.2, 0.25) is 0 Å². The van der Waals surface area contributed by atoms with Gasteiger partial charge in [-0.15, -0.1) is 0 Å². The highest BCUT2D eigenvalue weighted by atomic mass is 32.2. The maximum atomic E-state index is 13.0. The van der Waals surface area contributed by atoms with Crippen LogP contribution in [-0.4, -0.2) is 43.9 Å². The number of hydrogen-bond donors (Lipinski definition) is 1. The Balaban J connectivity index is 2.42. The minimum Gasteiger partial charge on any atom is -0.495 e. The first-order valence-electron chi connectivity index (χ1n) is 8.72. The van der Waals surface area contributed by atoms with Gasteiger partial charge in [-0.1, -0.05) is 19.1 Å². The zero-order chi connectivity index (χ0) is 20.0.